The maximum Gasteiger partial charge on any atom is 0.315 e. The first-order valence-electron chi connectivity index (χ1n) is 8.19. The zero-order valence-corrected chi connectivity index (χ0v) is 14.5. The van der Waals surface area contributed by atoms with Crippen LogP contribution in [0.5, 0.6) is 0 Å². The molecule has 5 heteroatoms. The van der Waals surface area contributed by atoms with Gasteiger partial charge in [0.25, 0.3) is 0 Å². The fourth-order valence-electron chi connectivity index (χ4n) is 2.51. The third-order valence-electron chi connectivity index (χ3n) is 3.77. The molecule has 2 aromatic rings. The molecule has 0 saturated heterocycles. The van der Waals surface area contributed by atoms with Crippen LogP contribution < -0.4 is 16.0 Å². The van der Waals surface area contributed by atoms with Gasteiger partial charge in [-0.3, -0.25) is 4.98 Å². The highest BCUT2D eigenvalue weighted by atomic mass is 16.2. The number of hydrogen-bond donors (Lipinski definition) is 3. The van der Waals surface area contributed by atoms with Gasteiger partial charge < -0.3 is 16.0 Å². The van der Waals surface area contributed by atoms with Crippen LogP contribution in [0.4, 0.5) is 4.79 Å². The highest BCUT2D eigenvalue weighted by Crippen LogP contribution is 2.15. The van der Waals surface area contributed by atoms with E-state index in [4.69, 9.17) is 0 Å². The highest BCUT2D eigenvalue weighted by Gasteiger charge is 2.21. The highest BCUT2D eigenvalue weighted by molar-refractivity contribution is 5.73. The number of urea groups is 1. The van der Waals surface area contributed by atoms with Crippen molar-refractivity contribution in [3.8, 4) is 0 Å². The molecule has 1 atom stereocenters. The van der Waals surface area contributed by atoms with Crippen molar-refractivity contribution in [3.05, 3.63) is 66.0 Å². The van der Waals surface area contributed by atoms with Crippen molar-refractivity contribution in [2.75, 3.05) is 6.54 Å². The quantitative estimate of drug-likeness (QED) is 0.733. The molecule has 0 aliphatic carbocycles. The van der Waals surface area contributed by atoms with Crippen LogP contribution in [0.3, 0.4) is 0 Å². The number of nitrogens with zero attached hydrogens (tertiary/aromatic N) is 1. The summed E-state index contributed by atoms with van der Waals surface area (Å²) in [5.74, 6) is 0. The van der Waals surface area contributed by atoms with Gasteiger partial charge >= 0.3 is 6.03 Å². The molecule has 2 rings (SSSR count). The number of hydrogen-bond acceptors (Lipinski definition) is 3. The number of nitrogens with one attached hydrogen (secondary N) is 3. The van der Waals surface area contributed by atoms with E-state index in [0.29, 0.717) is 13.1 Å². The predicted molar refractivity (Wildman–Crippen MR) is 96.5 cm³/mol. The molecule has 5 nitrogen and oxygen atoms in total. The molecule has 0 aliphatic rings. The minimum Gasteiger partial charge on any atom is -0.336 e. The Kier molecular flexibility index (Phi) is 6.32. The van der Waals surface area contributed by atoms with E-state index < -0.39 is 0 Å². The number of aromatic nitrogens is 1. The van der Waals surface area contributed by atoms with Crippen molar-refractivity contribution in [2.45, 2.75) is 38.9 Å². The van der Waals surface area contributed by atoms with Crippen LogP contribution >= 0.6 is 0 Å². The first kappa shape index (κ1) is 17.9. The summed E-state index contributed by atoms with van der Waals surface area (Å²) in [6.07, 6.45) is 3.46. The second-order valence-corrected chi connectivity index (χ2v) is 6.56. The van der Waals surface area contributed by atoms with Crippen LogP contribution in [-0.2, 0) is 6.54 Å². The van der Waals surface area contributed by atoms with E-state index in [9.17, 15) is 4.79 Å². The van der Waals surface area contributed by atoms with E-state index in [2.05, 4.69) is 53.8 Å². The monoisotopic (exact) mass is 326 g/mol. The third-order valence-corrected chi connectivity index (χ3v) is 3.77. The molecule has 0 bridgehead atoms. The standard InChI is InChI=1S/C19H26N4O/c1-15(17-9-5-4-6-10-17)23-19(2,3)14-22-18(24)21-13-16-8-7-11-20-12-16/h4-12,15,23H,13-14H2,1-3H3,(H2,21,22,24)/t15-/m1/s1. The molecular weight excluding hydrogens is 300 g/mol. The molecule has 0 aliphatic heterocycles. The third kappa shape index (κ3) is 6.01. The van der Waals surface area contributed by atoms with Gasteiger partial charge in [-0.25, -0.2) is 4.79 Å². The SMILES string of the molecule is C[C@@H](NC(C)(C)CNC(=O)NCc1cccnc1)c1ccccc1. The minimum atomic E-state index is -0.221. The van der Waals surface area contributed by atoms with E-state index in [-0.39, 0.29) is 17.6 Å². The van der Waals surface area contributed by atoms with Gasteiger partial charge in [-0.1, -0.05) is 36.4 Å². The molecule has 0 unspecified atom stereocenters. The fraction of sp³-hybridized carbons (Fsp3) is 0.368. The van der Waals surface area contributed by atoms with E-state index in [1.165, 1.54) is 5.56 Å². The summed E-state index contributed by atoms with van der Waals surface area (Å²) in [6.45, 7) is 7.28. The molecular formula is C19H26N4O. The van der Waals surface area contributed by atoms with E-state index in [1.807, 2.05) is 30.3 Å². The van der Waals surface area contributed by atoms with Gasteiger partial charge in [-0.15, -0.1) is 0 Å². The van der Waals surface area contributed by atoms with Gasteiger partial charge in [0.05, 0.1) is 0 Å². The average Bonchev–Trinajstić information content (AvgIpc) is 2.59. The number of benzene rings is 1. The summed E-state index contributed by atoms with van der Waals surface area (Å²) in [6, 6.07) is 14.1. The lowest BCUT2D eigenvalue weighted by atomic mass is 10.0. The Labute approximate surface area is 143 Å². The van der Waals surface area contributed by atoms with Gasteiger partial charge in [-0.05, 0) is 38.0 Å². The Morgan fingerprint density at radius 2 is 1.88 bits per heavy atom. The summed E-state index contributed by atoms with van der Waals surface area (Å²) >= 11 is 0. The Balaban J connectivity index is 1.76. The van der Waals surface area contributed by atoms with Crippen LogP contribution in [0.1, 0.15) is 37.9 Å². The zero-order valence-electron chi connectivity index (χ0n) is 14.5. The van der Waals surface area contributed by atoms with Crippen LogP contribution in [0, 0.1) is 0 Å². The van der Waals surface area contributed by atoms with Crippen molar-refractivity contribution in [1.29, 1.82) is 0 Å². The van der Waals surface area contributed by atoms with E-state index >= 15 is 0 Å². The molecule has 0 spiro atoms. The lowest BCUT2D eigenvalue weighted by Crippen LogP contribution is -2.51. The van der Waals surface area contributed by atoms with Crippen molar-refractivity contribution < 1.29 is 4.79 Å². The minimum absolute atomic E-state index is 0.180. The Morgan fingerprint density at radius 1 is 1.12 bits per heavy atom. The molecule has 1 aromatic heterocycles. The van der Waals surface area contributed by atoms with Gasteiger partial charge in [0.15, 0.2) is 0 Å². The van der Waals surface area contributed by atoms with Crippen molar-refractivity contribution in [3.63, 3.8) is 0 Å². The number of carbonyl (C=O) groups is 1. The molecule has 1 heterocycles. The molecule has 0 radical (unpaired) electrons. The maximum absolute atomic E-state index is 11.9. The molecule has 2 amide bonds. The van der Waals surface area contributed by atoms with Crippen LogP contribution in [0.25, 0.3) is 0 Å². The molecule has 24 heavy (non-hydrogen) atoms. The largest absolute Gasteiger partial charge is 0.336 e. The van der Waals surface area contributed by atoms with Gasteiger partial charge in [-0.2, -0.15) is 0 Å². The molecule has 1 aromatic carbocycles. The second kappa shape index (κ2) is 8.45. The zero-order chi connectivity index (χ0) is 17.4. The normalized spacial score (nSPS) is 12.5. The van der Waals surface area contributed by atoms with Crippen LogP contribution in [0.2, 0.25) is 0 Å². The Hall–Kier alpha value is -2.40. The smallest absolute Gasteiger partial charge is 0.315 e. The van der Waals surface area contributed by atoms with Gasteiger partial charge in [0, 0.05) is 37.1 Å². The second-order valence-electron chi connectivity index (χ2n) is 6.56. The first-order chi connectivity index (χ1) is 11.5. The number of amides is 2. The molecule has 0 fully saturated rings. The Bertz CT molecular complexity index is 628. The summed E-state index contributed by atoms with van der Waals surface area (Å²) in [4.78, 5) is 16.0. The lowest BCUT2D eigenvalue weighted by molar-refractivity contribution is 0.234. The Morgan fingerprint density at radius 3 is 2.54 bits per heavy atom. The lowest BCUT2D eigenvalue weighted by Gasteiger charge is -2.30. The topological polar surface area (TPSA) is 66.0 Å². The van der Waals surface area contributed by atoms with Crippen molar-refractivity contribution in [2.24, 2.45) is 0 Å². The van der Waals surface area contributed by atoms with Gasteiger partial charge in [0.2, 0.25) is 0 Å². The number of carbonyl (C=O) groups excluding carboxylic acids is 1. The van der Waals surface area contributed by atoms with Gasteiger partial charge in [0.1, 0.15) is 0 Å². The summed E-state index contributed by atoms with van der Waals surface area (Å²) < 4.78 is 0. The molecule has 3 N–H and O–H groups in total. The summed E-state index contributed by atoms with van der Waals surface area (Å²) in [5, 5.41) is 9.30. The van der Waals surface area contributed by atoms with E-state index in [1.54, 1.807) is 12.4 Å². The molecule has 0 saturated carbocycles. The summed E-state index contributed by atoms with van der Waals surface area (Å²) in [7, 11) is 0. The molecule has 128 valence electrons. The van der Waals surface area contributed by atoms with Crippen LogP contribution in [0.15, 0.2) is 54.9 Å². The predicted octanol–water partition coefficient (Wildman–Crippen LogP) is 3.01. The van der Waals surface area contributed by atoms with Crippen molar-refractivity contribution >= 4 is 6.03 Å². The maximum atomic E-state index is 11.9. The fourth-order valence-corrected chi connectivity index (χ4v) is 2.51. The number of pyridine rings is 1. The average molecular weight is 326 g/mol. The number of rotatable bonds is 7. The van der Waals surface area contributed by atoms with Crippen molar-refractivity contribution in [1.82, 2.24) is 20.9 Å². The van der Waals surface area contributed by atoms with E-state index in [0.717, 1.165) is 5.56 Å². The summed E-state index contributed by atoms with van der Waals surface area (Å²) in [5.41, 5.74) is 1.98. The van der Waals surface area contributed by atoms with Crippen LogP contribution in [-0.4, -0.2) is 23.1 Å². The first-order valence-corrected chi connectivity index (χ1v) is 8.19.